The number of para-hydroxylation sites is 1. The number of methoxy groups -OCH3 is 2. The SMILES string of the molecule is COc1cccc(CNC(C)(C)C(C)O)c1OC. The Bertz CT molecular complexity index is 389. The number of hydrogen-bond donors (Lipinski definition) is 2. The van der Waals surface area contributed by atoms with Gasteiger partial charge in [0, 0.05) is 17.6 Å². The van der Waals surface area contributed by atoms with E-state index < -0.39 is 6.10 Å². The third-order valence-electron chi connectivity index (χ3n) is 3.26. The van der Waals surface area contributed by atoms with E-state index in [1.165, 1.54) is 0 Å². The van der Waals surface area contributed by atoms with Crippen molar-refractivity contribution in [1.82, 2.24) is 5.32 Å². The van der Waals surface area contributed by atoms with Gasteiger partial charge in [-0.05, 0) is 26.8 Å². The molecule has 4 heteroatoms. The van der Waals surface area contributed by atoms with Gasteiger partial charge >= 0.3 is 0 Å². The monoisotopic (exact) mass is 253 g/mol. The van der Waals surface area contributed by atoms with Gasteiger partial charge in [0.1, 0.15) is 0 Å². The molecule has 1 aromatic rings. The normalized spacial score (nSPS) is 13.2. The largest absolute Gasteiger partial charge is 0.493 e. The van der Waals surface area contributed by atoms with E-state index in [1.807, 2.05) is 32.0 Å². The highest BCUT2D eigenvalue weighted by Crippen LogP contribution is 2.30. The Hall–Kier alpha value is -1.26. The highest BCUT2D eigenvalue weighted by atomic mass is 16.5. The molecule has 0 aliphatic heterocycles. The Morgan fingerprint density at radius 3 is 2.44 bits per heavy atom. The van der Waals surface area contributed by atoms with Crippen LogP contribution in [0.1, 0.15) is 26.3 Å². The average molecular weight is 253 g/mol. The van der Waals surface area contributed by atoms with Crippen LogP contribution >= 0.6 is 0 Å². The summed E-state index contributed by atoms with van der Waals surface area (Å²) in [6.07, 6.45) is -0.436. The molecule has 0 saturated carbocycles. The van der Waals surface area contributed by atoms with Gasteiger partial charge in [-0.25, -0.2) is 0 Å². The Balaban J connectivity index is 2.85. The standard InChI is InChI=1S/C14H23NO3/c1-10(16)14(2,3)15-9-11-7-6-8-12(17-4)13(11)18-5/h6-8,10,15-16H,9H2,1-5H3. The molecule has 1 atom stereocenters. The molecule has 0 aliphatic carbocycles. The van der Waals surface area contributed by atoms with E-state index in [4.69, 9.17) is 9.47 Å². The maximum absolute atomic E-state index is 9.67. The second-order valence-corrected chi connectivity index (χ2v) is 4.90. The van der Waals surface area contributed by atoms with Gasteiger partial charge in [0.2, 0.25) is 0 Å². The zero-order valence-electron chi connectivity index (χ0n) is 11.8. The molecule has 0 aromatic heterocycles. The predicted molar refractivity (Wildman–Crippen MR) is 72.1 cm³/mol. The van der Waals surface area contributed by atoms with Crippen molar-refractivity contribution in [1.29, 1.82) is 0 Å². The lowest BCUT2D eigenvalue weighted by molar-refractivity contribution is 0.0954. The first kappa shape index (κ1) is 14.8. The summed E-state index contributed by atoms with van der Waals surface area (Å²) in [5.74, 6) is 1.44. The number of nitrogens with one attached hydrogen (secondary N) is 1. The highest BCUT2D eigenvalue weighted by Gasteiger charge is 2.23. The van der Waals surface area contributed by atoms with Crippen molar-refractivity contribution in [2.24, 2.45) is 0 Å². The van der Waals surface area contributed by atoms with Crippen LogP contribution in [0.25, 0.3) is 0 Å². The number of aliphatic hydroxyl groups excluding tert-OH is 1. The molecular formula is C14H23NO3. The summed E-state index contributed by atoms with van der Waals surface area (Å²) < 4.78 is 10.6. The molecule has 0 bridgehead atoms. The van der Waals surface area contributed by atoms with Crippen LogP contribution in [0.4, 0.5) is 0 Å². The molecule has 2 N–H and O–H groups in total. The molecule has 0 aliphatic rings. The van der Waals surface area contributed by atoms with Crippen molar-refractivity contribution in [2.75, 3.05) is 14.2 Å². The Morgan fingerprint density at radius 2 is 1.94 bits per heavy atom. The molecule has 0 radical (unpaired) electrons. The van der Waals surface area contributed by atoms with Gasteiger partial charge in [-0.3, -0.25) is 0 Å². The fourth-order valence-electron chi connectivity index (χ4n) is 1.56. The molecule has 0 saturated heterocycles. The van der Waals surface area contributed by atoms with Crippen molar-refractivity contribution in [3.8, 4) is 11.5 Å². The van der Waals surface area contributed by atoms with Crippen LogP contribution in [0.15, 0.2) is 18.2 Å². The number of rotatable bonds is 6. The quantitative estimate of drug-likeness (QED) is 0.813. The van der Waals surface area contributed by atoms with Crippen molar-refractivity contribution in [3.63, 3.8) is 0 Å². The van der Waals surface area contributed by atoms with E-state index in [0.717, 1.165) is 11.3 Å². The lowest BCUT2D eigenvalue weighted by atomic mass is 9.98. The van der Waals surface area contributed by atoms with Gasteiger partial charge in [-0.2, -0.15) is 0 Å². The fraction of sp³-hybridized carbons (Fsp3) is 0.571. The summed E-state index contributed by atoms with van der Waals surface area (Å²) in [6, 6.07) is 5.77. The zero-order chi connectivity index (χ0) is 13.8. The second kappa shape index (κ2) is 6.07. The van der Waals surface area contributed by atoms with Crippen LogP contribution in [0.3, 0.4) is 0 Å². The first-order chi connectivity index (χ1) is 8.42. The van der Waals surface area contributed by atoms with Crippen LogP contribution in [0.2, 0.25) is 0 Å². The van der Waals surface area contributed by atoms with Crippen LogP contribution in [-0.2, 0) is 6.54 Å². The summed E-state index contributed by atoms with van der Waals surface area (Å²) in [7, 11) is 3.25. The minimum atomic E-state index is -0.436. The molecule has 0 heterocycles. The van der Waals surface area contributed by atoms with Crippen LogP contribution in [-0.4, -0.2) is 31.0 Å². The number of ether oxygens (including phenoxy) is 2. The maximum Gasteiger partial charge on any atom is 0.165 e. The maximum atomic E-state index is 9.67. The lowest BCUT2D eigenvalue weighted by Gasteiger charge is -2.30. The Kier molecular flexibility index (Phi) is 4.99. The smallest absolute Gasteiger partial charge is 0.165 e. The highest BCUT2D eigenvalue weighted by molar-refractivity contribution is 5.46. The predicted octanol–water partition coefficient (Wildman–Crippen LogP) is 1.95. The Labute approximate surface area is 109 Å². The second-order valence-electron chi connectivity index (χ2n) is 4.90. The van der Waals surface area contributed by atoms with Gasteiger partial charge in [0.25, 0.3) is 0 Å². The minimum absolute atomic E-state index is 0.353. The summed E-state index contributed by atoms with van der Waals surface area (Å²) in [4.78, 5) is 0. The van der Waals surface area contributed by atoms with Crippen molar-refractivity contribution < 1.29 is 14.6 Å². The van der Waals surface area contributed by atoms with Gasteiger partial charge in [0.15, 0.2) is 11.5 Å². The average Bonchev–Trinajstić information content (AvgIpc) is 2.35. The molecule has 102 valence electrons. The van der Waals surface area contributed by atoms with Crippen LogP contribution < -0.4 is 14.8 Å². The molecular weight excluding hydrogens is 230 g/mol. The first-order valence-corrected chi connectivity index (χ1v) is 6.05. The number of benzene rings is 1. The zero-order valence-corrected chi connectivity index (χ0v) is 11.8. The van der Waals surface area contributed by atoms with E-state index in [1.54, 1.807) is 21.1 Å². The van der Waals surface area contributed by atoms with E-state index in [2.05, 4.69) is 5.32 Å². The minimum Gasteiger partial charge on any atom is -0.493 e. The van der Waals surface area contributed by atoms with Crippen molar-refractivity contribution >= 4 is 0 Å². The topological polar surface area (TPSA) is 50.7 Å². The molecule has 0 amide bonds. The molecule has 4 nitrogen and oxygen atoms in total. The van der Waals surface area contributed by atoms with Crippen LogP contribution in [0, 0.1) is 0 Å². The molecule has 1 rings (SSSR count). The summed E-state index contributed by atoms with van der Waals surface area (Å²) in [6.45, 7) is 6.31. The van der Waals surface area contributed by atoms with Gasteiger partial charge < -0.3 is 19.9 Å². The van der Waals surface area contributed by atoms with Crippen molar-refractivity contribution in [3.05, 3.63) is 23.8 Å². The third kappa shape index (κ3) is 3.37. The van der Waals surface area contributed by atoms with E-state index in [-0.39, 0.29) is 5.54 Å². The van der Waals surface area contributed by atoms with Crippen molar-refractivity contribution in [2.45, 2.75) is 39.0 Å². The van der Waals surface area contributed by atoms with Crippen LogP contribution in [0.5, 0.6) is 11.5 Å². The summed E-state index contributed by atoms with van der Waals surface area (Å²) >= 11 is 0. The van der Waals surface area contributed by atoms with Gasteiger partial charge in [-0.15, -0.1) is 0 Å². The molecule has 18 heavy (non-hydrogen) atoms. The molecule has 0 spiro atoms. The fourth-order valence-corrected chi connectivity index (χ4v) is 1.56. The number of aliphatic hydroxyl groups is 1. The van der Waals surface area contributed by atoms with Gasteiger partial charge in [-0.1, -0.05) is 12.1 Å². The van der Waals surface area contributed by atoms with E-state index in [0.29, 0.717) is 12.3 Å². The van der Waals surface area contributed by atoms with Gasteiger partial charge in [0.05, 0.1) is 20.3 Å². The third-order valence-corrected chi connectivity index (χ3v) is 3.26. The first-order valence-electron chi connectivity index (χ1n) is 6.05. The summed E-state index contributed by atoms with van der Waals surface area (Å²) in [5.41, 5.74) is 0.652. The molecule has 0 fully saturated rings. The van der Waals surface area contributed by atoms with E-state index >= 15 is 0 Å². The van der Waals surface area contributed by atoms with E-state index in [9.17, 15) is 5.11 Å². The lowest BCUT2D eigenvalue weighted by Crippen LogP contribution is -2.47. The number of hydrogen-bond acceptors (Lipinski definition) is 4. The Morgan fingerprint density at radius 1 is 1.28 bits per heavy atom. The molecule has 1 unspecified atom stereocenters. The summed E-state index contributed by atoms with van der Waals surface area (Å²) in [5, 5.41) is 13.0. The molecule has 1 aromatic carbocycles.